The third kappa shape index (κ3) is 3.60. The zero-order chi connectivity index (χ0) is 19.8. The average Bonchev–Trinajstić information content (AvgIpc) is 3.07. The van der Waals surface area contributed by atoms with E-state index < -0.39 is 11.6 Å². The van der Waals surface area contributed by atoms with E-state index in [0.29, 0.717) is 5.56 Å². The van der Waals surface area contributed by atoms with Crippen molar-refractivity contribution in [3.63, 3.8) is 0 Å². The monoisotopic (exact) mass is 371 g/mol. The number of hydrogen-bond donors (Lipinski definition) is 2. The molecule has 1 fully saturated rings. The van der Waals surface area contributed by atoms with Crippen molar-refractivity contribution < 1.29 is 19.8 Å². The van der Waals surface area contributed by atoms with Gasteiger partial charge in [0.05, 0.1) is 23.1 Å². The first-order valence-corrected chi connectivity index (χ1v) is 9.13. The van der Waals surface area contributed by atoms with Crippen LogP contribution in [0.15, 0.2) is 30.5 Å². The number of amides is 1. The summed E-state index contributed by atoms with van der Waals surface area (Å²) in [6.45, 7) is 6.44. The lowest BCUT2D eigenvalue weighted by Gasteiger charge is -2.35. The van der Waals surface area contributed by atoms with E-state index in [-0.39, 0.29) is 37.8 Å². The summed E-state index contributed by atoms with van der Waals surface area (Å²) in [5.41, 5.74) is 1.63. The van der Waals surface area contributed by atoms with Crippen molar-refractivity contribution in [2.75, 3.05) is 13.1 Å². The number of carboxylic acids is 1. The highest BCUT2D eigenvalue weighted by molar-refractivity contribution is 5.95. The molecule has 1 aromatic heterocycles. The van der Waals surface area contributed by atoms with E-state index in [9.17, 15) is 14.7 Å². The van der Waals surface area contributed by atoms with Crippen molar-refractivity contribution in [1.29, 1.82) is 0 Å². The van der Waals surface area contributed by atoms with Gasteiger partial charge in [-0.2, -0.15) is 5.10 Å². The van der Waals surface area contributed by atoms with Crippen LogP contribution in [-0.4, -0.2) is 55.5 Å². The zero-order valence-electron chi connectivity index (χ0n) is 15.8. The molecule has 0 spiro atoms. The number of nitrogens with zero attached hydrogens (tertiary/aromatic N) is 3. The van der Waals surface area contributed by atoms with Crippen molar-refractivity contribution >= 4 is 11.9 Å². The van der Waals surface area contributed by atoms with Gasteiger partial charge in [0.2, 0.25) is 0 Å². The molecule has 2 N–H and O–H groups in total. The summed E-state index contributed by atoms with van der Waals surface area (Å²) >= 11 is 0. The Morgan fingerprint density at radius 3 is 2.26 bits per heavy atom. The summed E-state index contributed by atoms with van der Waals surface area (Å²) in [6.07, 6.45) is 1.63. The van der Waals surface area contributed by atoms with Crippen LogP contribution in [-0.2, 0) is 4.79 Å². The van der Waals surface area contributed by atoms with E-state index in [1.807, 2.05) is 45.0 Å². The molecule has 27 heavy (non-hydrogen) atoms. The Bertz CT molecular complexity index is 847. The molecular weight excluding hydrogens is 346 g/mol. The summed E-state index contributed by atoms with van der Waals surface area (Å²) in [6, 6.07) is 7.94. The molecule has 2 heterocycles. The maximum Gasteiger partial charge on any atom is 0.335 e. The molecule has 1 aliphatic heterocycles. The van der Waals surface area contributed by atoms with Gasteiger partial charge < -0.3 is 15.1 Å². The van der Waals surface area contributed by atoms with E-state index in [1.54, 1.807) is 15.8 Å². The minimum absolute atomic E-state index is 0.0250. The number of hydrogen-bond acceptors (Lipinski definition) is 4. The minimum atomic E-state index is -1.75. The number of rotatable bonds is 4. The number of aryl methyl sites for hydroxylation is 1. The molecule has 0 aliphatic carbocycles. The second-order valence-electron chi connectivity index (χ2n) is 7.47. The topological polar surface area (TPSA) is 95.7 Å². The van der Waals surface area contributed by atoms with Gasteiger partial charge in [-0.3, -0.25) is 4.79 Å². The highest BCUT2D eigenvalue weighted by Crippen LogP contribution is 2.27. The van der Waals surface area contributed by atoms with Crippen LogP contribution in [0.3, 0.4) is 0 Å². The quantitative estimate of drug-likeness (QED) is 0.860. The van der Waals surface area contributed by atoms with Gasteiger partial charge >= 0.3 is 5.97 Å². The van der Waals surface area contributed by atoms with Crippen molar-refractivity contribution in [3.05, 3.63) is 47.3 Å². The fraction of sp³-hybridized carbons (Fsp3) is 0.450. The Morgan fingerprint density at radius 2 is 1.74 bits per heavy atom. The van der Waals surface area contributed by atoms with E-state index in [1.165, 1.54) is 0 Å². The molecule has 0 radical (unpaired) electrons. The van der Waals surface area contributed by atoms with Crippen LogP contribution in [0, 0.1) is 6.92 Å². The lowest BCUT2D eigenvalue weighted by atomic mass is 9.91. The molecule has 1 saturated heterocycles. The number of aliphatic hydroxyl groups is 1. The lowest BCUT2D eigenvalue weighted by molar-refractivity contribution is -0.162. The standard InChI is InChI=1S/C20H25N3O4/c1-13(2)17-16(12-21-23(17)15-6-4-14(3)5-7-15)18(24)22-10-8-20(27,9-11-22)19(25)26/h4-7,12-13,27H,8-11H2,1-3H3,(H,25,26). The largest absolute Gasteiger partial charge is 0.479 e. The van der Waals surface area contributed by atoms with Crippen LogP contribution in [0.25, 0.3) is 5.69 Å². The van der Waals surface area contributed by atoms with Gasteiger partial charge in [0.25, 0.3) is 5.91 Å². The second kappa shape index (κ2) is 7.15. The van der Waals surface area contributed by atoms with Gasteiger partial charge in [-0.25, -0.2) is 9.48 Å². The Labute approximate surface area is 158 Å². The van der Waals surface area contributed by atoms with Gasteiger partial charge in [0.1, 0.15) is 0 Å². The van der Waals surface area contributed by atoms with Crippen LogP contribution in [0.1, 0.15) is 54.2 Å². The first-order valence-electron chi connectivity index (χ1n) is 9.13. The van der Waals surface area contributed by atoms with Crippen LogP contribution >= 0.6 is 0 Å². The number of carbonyl (C=O) groups excluding carboxylic acids is 1. The summed E-state index contributed by atoms with van der Waals surface area (Å²) in [5.74, 6) is -1.33. The Balaban J connectivity index is 1.88. The number of carboxylic acid groups (broad SMARTS) is 1. The average molecular weight is 371 g/mol. The second-order valence-corrected chi connectivity index (χ2v) is 7.47. The molecule has 0 atom stereocenters. The Morgan fingerprint density at radius 1 is 1.15 bits per heavy atom. The van der Waals surface area contributed by atoms with Gasteiger partial charge in [-0.1, -0.05) is 31.5 Å². The van der Waals surface area contributed by atoms with Crippen molar-refractivity contribution in [1.82, 2.24) is 14.7 Å². The molecule has 2 aromatic rings. The molecule has 0 saturated carbocycles. The van der Waals surface area contributed by atoms with Gasteiger partial charge in [-0.05, 0) is 25.0 Å². The van der Waals surface area contributed by atoms with Gasteiger partial charge in [0, 0.05) is 25.9 Å². The molecule has 3 rings (SSSR count). The predicted molar refractivity (Wildman–Crippen MR) is 100 cm³/mol. The molecule has 7 heteroatoms. The van der Waals surface area contributed by atoms with Crippen molar-refractivity contribution in [2.24, 2.45) is 0 Å². The molecule has 144 valence electrons. The fourth-order valence-electron chi connectivity index (χ4n) is 3.43. The van der Waals surface area contributed by atoms with Crippen molar-refractivity contribution in [3.8, 4) is 5.69 Å². The SMILES string of the molecule is Cc1ccc(-n2ncc(C(=O)N3CCC(O)(C(=O)O)CC3)c2C(C)C)cc1. The van der Waals surface area contributed by atoms with Crippen LogP contribution < -0.4 is 0 Å². The normalized spacial score (nSPS) is 16.6. The number of carbonyl (C=O) groups is 2. The maximum absolute atomic E-state index is 13.0. The number of piperidine rings is 1. The fourth-order valence-corrected chi connectivity index (χ4v) is 3.43. The van der Waals surface area contributed by atoms with E-state index in [0.717, 1.165) is 16.9 Å². The smallest absolute Gasteiger partial charge is 0.335 e. The molecule has 0 unspecified atom stereocenters. The Hall–Kier alpha value is -2.67. The number of aliphatic carboxylic acids is 1. The van der Waals surface area contributed by atoms with Crippen LogP contribution in [0.2, 0.25) is 0 Å². The van der Waals surface area contributed by atoms with E-state index in [2.05, 4.69) is 5.10 Å². The highest BCUT2D eigenvalue weighted by Gasteiger charge is 2.41. The summed E-state index contributed by atoms with van der Waals surface area (Å²) in [7, 11) is 0. The third-order valence-corrected chi connectivity index (χ3v) is 5.14. The van der Waals surface area contributed by atoms with Crippen molar-refractivity contribution in [2.45, 2.75) is 45.1 Å². The minimum Gasteiger partial charge on any atom is -0.479 e. The molecule has 0 bridgehead atoms. The van der Waals surface area contributed by atoms with E-state index in [4.69, 9.17) is 5.11 Å². The lowest BCUT2D eigenvalue weighted by Crippen LogP contribution is -2.50. The van der Waals surface area contributed by atoms with Gasteiger partial charge in [0.15, 0.2) is 5.60 Å². The number of aromatic nitrogens is 2. The Kier molecular flexibility index (Phi) is 5.06. The van der Waals surface area contributed by atoms with E-state index >= 15 is 0 Å². The molecule has 1 aliphatic rings. The molecular formula is C20H25N3O4. The number of benzene rings is 1. The summed E-state index contributed by atoms with van der Waals surface area (Å²) in [4.78, 5) is 25.8. The highest BCUT2D eigenvalue weighted by atomic mass is 16.4. The zero-order valence-corrected chi connectivity index (χ0v) is 15.8. The van der Waals surface area contributed by atoms with Gasteiger partial charge in [-0.15, -0.1) is 0 Å². The molecule has 7 nitrogen and oxygen atoms in total. The third-order valence-electron chi connectivity index (χ3n) is 5.14. The first-order chi connectivity index (χ1) is 12.7. The number of likely N-dealkylation sites (tertiary alicyclic amines) is 1. The summed E-state index contributed by atoms with van der Waals surface area (Å²) < 4.78 is 1.79. The maximum atomic E-state index is 13.0. The first kappa shape index (κ1) is 19.1. The van der Waals surface area contributed by atoms with Crippen LogP contribution in [0.4, 0.5) is 0 Å². The van der Waals surface area contributed by atoms with Crippen LogP contribution in [0.5, 0.6) is 0 Å². The predicted octanol–water partition coefficient (Wildman–Crippen LogP) is 2.36. The molecule has 1 aromatic carbocycles. The molecule has 1 amide bonds. The summed E-state index contributed by atoms with van der Waals surface area (Å²) in [5, 5.41) is 23.7.